The van der Waals surface area contributed by atoms with Gasteiger partial charge in [-0.15, -0.1) is 0 Å². The molecule has 0 aliphatic rings. The minimum Gasteiger partial charge on any atom is -0.362 e. The first-order valence-corrected chi connectivity index (χ1v) is 6.60. The molecule has 1 aromatic heterocycles. The fraction of sp³-hybridized carbons (Fsp3) is 0.286. The van der Waals surface area contributed by atoms with Crippen LogP contribution >= 0.6 is 11.6 Å². The lowest BCUT2D eigenvalue weighted by molar-refractivity contribution is 0.146. The Bertz CT molecular complexity index is 649. The topological polar surface area (TPSA) is 37.8 Å². The number of aromatic nitrogens is 2. The Morgan fingerprint density at radius 3 is 2.57 bits per heavy atom. The smallest absolute Gasteiger partial charge is 0.266 e. The standard InChI is InChI=1S/C14H13ClF3N3/c1-7(20-14-11(15)6-19-8(2)21-14)9-4-3-5-10(12(9)16)13(17)18/h3-7,13H,1-2H3,(H,19,20,21)/t7-/m1/s1. The Balaban J connectivity index is 2.30. The molecule has 21 heavy (non-hydrogen) atoms. The van der Waals surface area contributed by atoms with Crippen molar-refractivity contribution in [3.63, 3.8) is 0 Å². The van der Waals surface area contributed by atoms with Gasteiger partial charge in [0.25, 0.3) is 6.43 Å². The number of alkyl halides is 2. The molecule has 112 valence electrons. The van der Waals surface area contributed by atoms with E-state index in [2.05, 4.69) is 15.3 Å². The summed E-state index contributed by atoms with van der Waals surface area (Å²) in [5, 5.41) is 3.18. The number of hydrogen-bond donors (Lipinski definition) is 1. The molecule has 1 atom stereocenters. The zero-order valence-corrected chi connectivity index (χ0v) is 12.1. The first-order valence-electron chi connectivity index (χ1n) is 6.22. The summed E-state index contributed by atoms with van der Waals surface area (Å²) in [6.45, 7) is 3.33. The number of halogens is 4. The third-order valence-corrected chi connectivity index (χ3v) is 3.25. The van der Waals surface area contributed by atoms with Crippen LogP contribution in [0.1, 0.15) is 36.3 Å². The summed E-state index contributed by atoms with van der Waals surface area (Å²) >= 11 is 5.95. The average Bonchev–Trinajstić information content (AvgIpc) is 2.42. The van der Waals surface area contributed by atoms with Gasteiger partial charge in [-0.1, -0.05) is 29.8 Å². The summed E-state index contributed by atoms with van der Waals surface area (Å²) in [5.74, 6) is -0.0937. The molecule has 0 amide bonds. The van der Waals surface area contributed by atoms with Crippen molar-refractivity contribution < 1.29 is 13.2 Å². The van der Waals surface area contributed by atoms with Gasteiger partial charge in [-0.2, -0.15) is 0 Å². The van der Waals surface area contributed by atoms with Gasteiger partial charge in [0.15, 0.2) is 0 Å². The predicted molar refractivity (Wildman–Crippen MR) is 75.2 cm³/mol. The highest BCUT2D eigenvalue weighted by Crippen LogP contribution is 2.29. The molecule has 2 rings (SSSR count). The van der Waals surface area contributed by atoms with E-state index in [1.807, 2.05) is 0 Å². The third kappa shape index (κ3) is 3.44. The van der Waals surface area contributed by atoms with Gasteiger partial charge in [0.05, 0.1) is 17.8 Å². The minimum absolute atomic E-state index is 0.125. The van der Waals surface area contributed by atoms with Crippen molar-refractivity contribution in [1.29, 1.82) is 0 Å². The van der Waals surface area contributed by atoms with Gasteiger partial charge in [-0.3, -0.25) is 0 Å². The molecule has 0 aliphatic heterocycles. The van der Waals surface area contributed by atoms with E-state index in [-0.39, 0.29) is 10.6 Å². The zero-order chi connectivity index (χ0) is 15.6. The fourth-order valence-corrected chi connectivity index (χ4v) is 2.06. The highest BCUT2D eigenvalue weighted by atomic mass is 35.5. The van der Waals surface area contributed by atoms with Crippen LogP contribution in [0.3, 0.4) is 0 Å². The van der Waals surface area contributed by atoms with Crippen LogP contribution in [0.25, 0.3) is 0 Å². The molecule has 1 aromatic carbocycles. The summed E-state index contributed by atoms with van der Waals surface area (Å²) in [6, 6.07) is 3.33. The quantitative estimate of drug-likeness (QED) is 0.889. The van der Waals surface area contributed by atoms with Crippen molar-refractivity contribution in [2.45, 2.75) is 26.3 Å². The van der Waals surface area contributed by atoms with Crippen LogP contribution in [0.4, 0.5) is 19.0 Å². The molecular formula is C14H13ClF3N3. The van der Waals surface area contributed by atoms with Crippen LogP contribution in [0.15, 0.2) is 24.4 Å². The van der Waals surface area contributed by atoms with Gasteiger partial charge in [0.2, 0.25) is 0 Å². The van der Waals surface area contributed by atoms with Crippen LogP contribution in [-0.2, 0) is 0 Å². The van der Waals surface area contributed by atoms with E-state index in [9.17, 15) is 13.2 Å². The summed E-state index contributed by atoms with van der Waals surface area (Å²) < 4.78 is 39.5. The highest BCUT2D eigenvalue weighted by molar-refractivity contribution is 6.32. The van der Waals surface area contributed by atoms with E-state index in [1.165, 1.54) is 18.3 Å². The van der Waals surface area contributed by atoms with E-state index < -0.39 is 23.8 Å². The van der Waals surface area contributed by atoms with Gasteiger partial charge in [0.1, 0.15) is 22.5 Å². The number of anilines is 1. The number of rotatable bonds is 4. The summed E-state index contributed by atoms with van der Waals surface area (Å²) in [6.07, 6.45) is -1.44. The molecule has 0 aliphatic carbocycles. The summed E-state index contributed by atoms with van der Waals surface area (Å²) in [4.78, 5) is 8.02. The number of aryl methyl sites for hydroxylation is 1. The molecule has 2 aromatic rings. The van der Waals surface area contributed by atoms with Crippen LogP contribution < -0.4 is 5.32 Å². The molecule has 1 heterocycles. The molecule has 0 spiro atoms. The van der Waals surface area contributed by atoms with E-state index in [4.69, 9.17) is 11.6 Å². The summed E-state index contributed by atoms with van der Waals surface area (Å²) in [7, 11) is 0. The van der Waals surface area contributed by atoms with Gasteiger partial charge >= 0.3 is 0 Å². The van der Waals surface area contributed by atoms with Gasteiger partial charge < -0.3 is 5.32 Å². The second-order valence-corrected chi connectivity index (χ2v) is 4.94. The molecule has 3 nitrogen and oxygen atoms in total. The van der Waals surface area contributed by atoms with Crippen LogP contribution in [0, 0.1) is 12.7 Å². The maximum atomic E-state index is 14.1. The SMILES string of the molecule is Cc1ncc(Cl)c(N[C@H](C)c2cccc(C(F)F)c2F)n1. The fourth-order valence-electron chi connectivity index (χ4n) is 1.91. The van der Waals surface area contributed by atoms with Crippen molar-refractivity contribution in [2.75, 3.05) is 5.32 Å². The van der Waals surface area contributed by atoms with Crippen LogP contribution in [0.2, 0.25) is 5.02 Å². The van der Waals surface area contributed by atoms with Crippen LogP contribution in [-0.4, -0.2) is 9.97 Å². The van der Waals surface area contributed by atoms with Gasteiger partial charge in [0, 0.05) is 5.56 Å². The van der Waals surface area contributed by atoms with E-state index in [0.717, 1.165) is 6.07 Å². The molecule has 1 N–H and O–H groups in total. The van der Waals surface area contributed by atoms with Crippen molar-refractivity contribution >= 4 is 17.4 Å². The van der Waals surface area contributed by atoms with Crippen molar-refractivity contribution in [2.24, 2.45) is 0 Å². The van der Waals surface area contributed by atoms with Gasteiger partial charge in [-0.05, 0) is 13.8 Å². The molecular weight excluding hydrogens is 303 g/mol. The minimum atomic E-state index is -2.86. The van der Waals surface area contributed by atoms with Crippen molar-refractivity contribution in [1.82, 2.24) is 9.97 Å². The highest BCUT2D eigenvalue weighted by Gasteiger charge is 2.20. The maximum absolute atomic E-state index is 14.1. The molecule has 0 radical (unpaired) electrons. The zero-order valence-electron chi connectivity index (χ0n) is 11.4. The van der Waals surface area contributed by atoms with Gasteiger partial charge in [-0.25, -0.2) is 23.1 Å². The van der Waals surface area contributed by atoms with Crippen molar-refractivity contribution in [3.8, 4) is 0 Å². The molecule has 0 saturated heterocycles. The monoisotopic (exact) mass is 315 g/mol. The summed E-state index contributed by atoms with van der Waals surface area (Å²) in [5.41, 5.74) is -0.494. The van der Waals surface area contributed by atoms with Crippen molar-refractivity contribution in [3.05, 3.63) is 52.2 Å². The lowest BCUT2D eigenvalue weighted by Gasteiger charge is -2.18. The predicted octanol–water partition coefficient (Wildman–Crippen LogP) is 4.69. The normalized spacial score (nSPS) is 12.5. The van der Waals surface area contributed by atoms with Crippen LogP contribution in [0.5, 0.6) is 0 Å². The number of nitrogens with zero attached hydrogens (tertiary/aromatic N) is 2. The molecule has 7 heteroatoms. The number of hydrogen-bond acceptors (Lipinski definition) is 3. The lowest BCUT2D eigenvalue weighted by Crippen LogP contribution is -2.12. The Labute approximate surface area is 125 Å². The lowest BCUT2D eigenvalue weighted by atomic mass is 10.0. The van der Waals surface area contributed by atoms with E-state index in [1.54, 1.807) is 13.8 Å². The second kappa shape index (κ2) is 6.30. The first-order chi connectivity index (χ1) is 9.90. The first kappa shape index (κ1) is 15.6. The van der Waals surface area contributed by atoms with E-state index in [0.29, 0.717) is 11.6 Å². The Morgan fingerprint density at radius 1 is 1.24 bits per heavy atom. The maximum Gasteiger partial charge on any atom is 0.266 e. The number of benzene rings is 1. The molecule has 0 saturated carbocycles. The average molecular weight is 316 g/mol. The number of nitrogens with one attached hydrogen (secondary N) is 1. The Hall–Kier alpha value is -1.82. The van der Waals surface area contributed by atoms with E-state index >= 15 is 0 Å². The largest absolute Gasteiger partial charge is 0.362 e. The molecule has 0 bridgehead atoms. The Morgan fingerprint density at radius 2 is 1.90 bits per heavy atom. The second-order valence-electron chi connectivity index (χ2n) is 4.53. The molecule has 0 unspecified atom stereocenters. The Kier molecular flexibility index (Phi) is 4.67. The third-order valence-electron chi connectivity index (χ3n) is 2.98. The molecule has 0 fully saturated rings.